The summed E-state index contributed by atoms with van der Waals surface area (Å²) in [5.74, 6) is 0.830. The van der Waals surface area contributed by atoms with E-state index >= 15 is 0 Å². The molecule has 0 N–H and O–H groups in total. The van der Waals surface area contributed by atoms with Gasteiger partial charge in [-0.2, -0.15) is 0 Å². The third kappa shape index (κ3) is 4.99. The molecule has 0 radical (unpaired) electrons. The lowest BCUT2D eigenvalue weighted by Crippen LogP contribution is -2.50. The second kappa shape index (κ2) is 10.2. The number of carbonyl (C=O) groups is 1. The summed E-state index contributed by atoms with van der Waals surface area (Å²) in [6, 6.07) is 9.02. The fourth-order valence-corrected chi connectivity index (χ4v) is 8.47. The molecule has 0 aliphatic carbocycles. The molecule has 192 valence electrons. The van der Waals surface area contributed by atoms with Crippen LogP contribution in [-0.2, 0) is 20.6 Å². The van der Waals surface area contributed by atoms with Gasteiger partial charge in [-0.25, -0.2) is 12.7 Å². The van der Waals surface area contributed by atoms with Crippen molar-refractivity contribution in [2.75, 3.05) is 32.7 Å². The Morgan fingerprint density at radius 3 is 2.29 bits per heavy atom. The maximum Gasteiger partial charge on any atom is 0.245 e. The zero-order chi connectivity index (χ0) is 24.6. The predicted molar refractivity (Wildman–Crippen MR) is 134 cm³/mol. The van der Waals surface area contributed by atoms with Gasteiger partial charge in [-0.1, -0.05) is 30.3 Å². The normalized spacial score (nSPS) is 30.9. The number of piperidine rings is 3. The first-order valence-electron chi connectivity index (χ1n) is 13.4. The van der Waals surface area contributed by atoms with Gasteiger partial charge in [0, 0.05) is 33.1 Å². The molecule has 1 aromatic carbocycles. The van der Waals surface area contributed by atoms with Gasteiger partial charge in [0.25, 0.3) is 0 Å². The molecule has 35 heavy (non-hydrogen) atoms. The van der Waals surface area contributed by atoms with Crippen molar-refractivity contribution in [2.24, 2.45) is 17.8 Å². The van der Waals surface area contributed by atoms with Crippen molar-refractivity contribution in [1.82, 2.24) is 14.2 Å². The Bertz CT molecular complexity index is 1020. The molecule has 4 atom stereocenters. The van der Waals surface area contributed by atoms with Crippen molar-refractivity contribution in [3.63, 3.8) is 0 Å². The van der Waals surface area contributed by atoms with Gasteiger partial charge in [0.15, 0.2) is 0 Å². The summed E-state index contributed by atoms with van der Waals surface area (Å²) in [5.41, 5.74) is 0.823. The number of hydrogen-bond acceptors (Lipinski definition) is 4. The summed E-state index contributed by atoms with van der Waals surface area (Å²) >= 11 is 0. The Kier molecular flexibility index (Phi) is 7.17. The molecule has 5 rings (SSSR count). The van der Waals surface area contributed by atoms with Crippen molar-refractivity contribution in [1.29, 1.82) is 0 Å². The summed E-state index contributed by atoms with van der Waals surface area (Å²) in [6.45, 7) is 5.35. The van der Waals surface area contributed by atoms with Gasteiger partial charge in [0.05, 0.1) is 17.2 Å². The van der Waals surface area contributed by atoms with E-state index in [9.17, 15) is 18.1 Å². The minimum atomic E-state index is -3.32. The van der Waals surface area contributed by atoms with Gasteiger partial charge < -0.3 is 4.90 Å². The molecule has 1 aromatic rings. The van der Waals surface area contributed by atoms with Crippen LogP contribution in [0.1, 0.15) is 57.4 Å². The number of nitrogens with zero attached hydrogens (tertiary/aromatic N) is 4. The van der Waals surface area contributed by atoms with Crippen molar-refractivity contribution in [3.05, 3.63) is 40.8 Å². The smallest absolute Gasteiger partial charge is 0.245 e. The Labute approximate surface area is 209 Å². The predicted octanol–water partition coefficient (Wildman–Crippen LogP) is 3.03. The fraction of sp³-hybridized carbons (Fsp3) is 0.731. The number of hydrogen-bond donors (Lipinski definition) is 0. The molecular weight excluding hydrogens is 464 g/mol. The number of fused-ring (bicyclic) bond motifs is 1. The zero-order valence-corrected chi connectivity index (χ0v) is 21.6. The van der Waals surface area contributed by atoms with Crippen LogP contribution in [0.3, 0.4) is 0 Å². The zero-order valence-electron chi connectivity index (χ0n) is 20.8. The van der Waals surface area contributed by atoms with E-state index < -0.39 is 10.0 Å². The number of benzene rings is 1. The molecule has 4 saturated heterocycles. The third-order valence-electron chi connectivity index (χ3n) is 8.90. The van der Waals surface area contributed by atoms with Gasteiger partial charge in [0.1, 0.15) is 16.8 Å². The highest BCUT2D eigenvalue weighted by Gasteiger charge is 2.59. The molecule has 0 spiro atoms. The average molecular weight is 504 g/mol. The number of rotatable bonds is 5. The van der Waals surface area contributed by atoms with Crippen LogP contribution in [-0.4, -0.2) is 78.2 Å². The molecule has 4 aliphatic heterocycles. The maximum atomic E-state index is 13.5. The summed E-state index contributed by atoms with van der Waals surface area (Å²) in [7, 11) is -3.32. The number of sulfonamides is 1. The molecular formula is C26H39N4O4S+. The van der Waals surface area contributed by atoms with E-state index in [4.69, 9.17) is 0 Å². The number of hydrazine groups is 1. The van der Waals surface area contributed by atoms with Crippen LogP contribution in [0, 0.1) is 22.7 Å². The van der Waals surface area contributed by atoms with Gasteiger partial charge >= 0.3 is 0 Å². The van der Waals surface area contributed by atoms with Gasteiger partial charge in [-0.15, -0.1) is 5.01 Å². The van der Waals surface area contributed by atoms with Crippen LogP contribution in [0.25, 0.3) is 0 Å². The summed E-state index contributed by atoms with van der Waals surface area (Å²) in [6.07, 6.45) is 6.78. The van der Waals surface area contributed by atoms with Crippen LogP contribution in [0.4, 0.5) is 0 Å². The van der Waals surface area contributed by atoms with E-state index in [0.717, 1.165) is 62.0 Å². The van der Waals surface area contributed by atoms with Crippen LogP contribution in [0.5, 0.6) is 0 Å². The standard InChI is InChI=1S/C26H39N4O4S/c1-20-25(26(31)27-13-6-3-7-14-27)24-18-23(12-17-29(24)30(20)32)22-10-15-28(16-11-22)35(33,34)19-21-8-4-2-5-9-21/h2,4-5,8-9,20,22-25H,3,6-7,10-19H2,1H3/q+1. The third-order valence-corrected chi connectivity index (χ3v) is 10.7. The van der Waals surface area contributed by atoms with Crippen LogP contribution < -0.4 is 0 Å². The lowest BCUT2D eigenvalue weighted by Gasteiger charge is -2.40. The van der Waals surface area contributed by atoms with Gasteiger partial charge in [0.2, 0.25) is 22.0 Å². The van der Waals surface area contributed by atoms with E-state index in [2.05, 4.69) is 0 Å². The van der Waals surface area contributed by atoms with E-state index in [1.165, 1.54) is 6.42 Å². The van der Waals surface area contributed by atoms with Crippen LogP contribution >= 0.6 is 0 Å². The van der Waals surface area contributed by atoms with E-state index in [0.29, 0.717) is 31.5 Å². The van der Waals surface area contributed by atoms with Crippen LogP contribution in [0.15, 0.2) is 30.3 Å². The van der Waals surface area contributed by atoms with Crippen molar-refractivity contribution in [3.8, 4) is 0 Å². The summed E-state index contributed by atoms with van der Waals surface area (Å²) in [4.78, 5) is 29.4. The quantitative estimate of drug-likeness (QED) is 0.577. The number of nitroso groups, excluding NO2 is 1. The highest BCUT2D eigenvalue weighted by molar-refractivity contribution is 7.88. The number of carbonyl (C=O) groups excluding carboxylic acids is 1. The second-order valence-corrected chi connectivity index (χ2v) is 12.9. The number of amides is 1. The lowest BCUT2D eigenvalue weighted by atomic mass is 9.74. The highest BCUT2D eigenvalue weighted by Crippen LogP contribution is 2.42. The molecule has 1 amide bonds. The molecule has 4 aliphatic rings. The van der Waals surface area contributed by atoms with E-state index in [-0.39, 0.29) is 29.7 Å². The Morgan fingerprint density at radius 2 is 1.60 bits per heavy atom. The Balaban J connectivity index is 1.21. The number of likely N-dealkylation sites (tertiary alicyclic amines) is 1. The summed E-state index contributed by atoms with van der Waals surface area (Å²) in [5, 5.41) is 1.91. The SMILES string of the molecule is CC1C(C(=O)N2CCCCC2)C2CC(C3CCN(S(=O)(=O)Cc4ccccc4)CC3)CCN2[N+]1=O. The first kappa shape index (κ1) is 24.7. The second-order valence-electron chi connectivity index (χ2n) is 10.9. The first-order valence-corrected chi connectivity index (χ1v) is 15.0. The monoisotopic (exact) mass is 503 g/mol. The molecule has 0 aromatic heterocycles. The summed E-state index contributed by atoms with van der Waals surface area (Å²) < 4.78 is 27.6. The highest BCUT2D eigenvalue weighted by atomic mass is 32.2. The molecule has 4 unspecified atom stereocenters. The minimum absolute atomic E-state index is 0.0319. The van der Waals surface area contributed by atoms with Crippen LogP contribution in [0.2, 0.25) is 0 Å². The average Bonchev–Trinajstić information content (AvgIpc) is 3.13. The largest absolute Gasteiger partial charge is 0.342 e. The fourth-order valence-electron chi connectivity index (χ4n) is 6.91. The molecule has 4 heterocycles. The topological polar surface area (TPSA) is 81.0 Å². The molecule has 8 nitrogen and oxygen atoms in total. The maximum absolute atomic E-state index is 13.5. The minimum Gasteiger partial charge on any atom is -0.342 e. The Morgan fingerprint density at radius 1 is 0.943 bits per heavy atom. The Hall–Kier alpha value is -2.00. The first-order chi connectivity index (χ1) is 16.8. The van der Waals surface area contributed by atoms with Crippen molar-refractivity contribution in [2.45, 2.75) is 69.7 Å². The van der Waals surface area contributed by atoms with E-state index in [1.807, 2.05) is 47.2 Å². The lowest BCUT2D eigenvalue weighted by molar-refractivity contribution is -0.716. The van der Waals surface area contributed by atoms with Gasteiger partial charge in [-0.05, 0) is 62.3 Å². The molecule has 0 saturated carbocycles. The van der Waals surface area contributed by atoms with Gasteiger partial charge in [-0.3, -0.25) is 4.79 Å². The van der Waals surface area contributed by atoms with Crippen molar-refractivity contribution < 1.29 is 18.1 Å². The molecule has 0 bridgehead atoms. The van der Waals surface area contributed by atoms with Crippen molar-refractivity contribution >= 4 is 15.9 Å². The van der Waals surface area contributed by atoms with E-state index in [1.54, 1.807) is 4.31 Å². The molecule has 9 heteroatoms. The molecule has 4 fully saturated rings.